The van der Waals surface area contributed by atoms with Crippen molar-refractivity contribution in [3.63, 3.8) is 0 Å². The van der Waals surface area contributed by atoms with Gasteiger partial charge >= 0.3 is 0 Å². The SMILES string of the molecule is c1cc(CCN2CCNCC2)c2[nH]ccc2c1. The molecule has 0 saturated carbocycles. The van der Waals surface area contributed by atoms with Crippen LogP contribution in [0.25, 0.3) is 10.9 Å². The third kappa shape index (κ3) is 2.35. The number of aromatic nitrogens is 1. The van der Waals surface area contributed by atoms with E-state index in [9.17, 15) is 0 Å². The molecule has 2 N–H and O–H groups in total. The highest BCUT2D eigenvalue weighted by Crippen LogP contribution is 2.17. The molecule has 0 radical (unpaired) electrons. The Hall–Kier alpha value is -1.32. The maximum atomic E-state index is 3.39. The van der Waals surface area contributed by atoms with Crippen LogP contribution in [-0.4, -0.2) is 42.6 Å². The first-order valence-electron chi connectivity index (χ1n) is 6.41. The van der Waals surface area contributed by atoms with E-state index in [4.69, 9.17) is 0 Å². The van der Waals surface area contributed by atoms with Crippen molar-refractivity contribution in [2.45, 2.75) is 6.42 Å². The third-order valence-electron chi connectivity index (χ3n) is 3.58. The molecule has 3 heteroatoms. The van der Waals surface area contributed by atoms with Gasteiger partial charge in [-0.2, -0.15) is 0 Å². The van der Waals surface area contributed by atoms with Gasteiger partial charge in [-0.25, -0.2) is 0 Å². The molecule has 0 unspecified atom stereocenters. The molecule has 1 aromatic carbocycles. The second kappa shape index (κ2) is 4.90. The van der Waals surface area contributed by atoms with Gasteiger partial charge in [0, 0.05) is 44.4 Å². The minimum Gasteiger partial charge on any atom is -0.361 e. The van der Waals surface area contributed by atoms with E-state index in [-0.39, 0.29) is 0 Å². The first kappa shape index (κ1) is 10.8. The molecular formula is C14H19N3. The van der Waals surface area contributed by atoms with Crippen LogP contribution in [0.3, 0.4) is 0 Å². The normalized spacial score (nSPS) is 17.6. The number of nitrogens with zero attached hydrogens (tertiary/aromatic N) is 1. The molecule has 1 aliphatic heterocycles. The largest absolute Gasteiger partial charge is 0.361 e. The monoisotopic (exact) mass is 229 g/mol. The third-order valence-corrected chi connectivity index (χ3v) is 3.58. The molecule has 1 aromatic heterocycles. The Balaban J connectivity index is 1.69. The molecule has 1 aliphatic rings. The Morgan fingerprint density at radius 2 is 2.00 bits per heavy atom. The maximum Gasteiger partial charge on any atom is 0.0486 e. The smallest absolute Gasteiger partial charge is 0.0486 e. The number of aromatic amines is 1. The van der Waals surface area contributed by atoms with E-state index in [1.54, 1.807) is 0 Å². The van der Waals surface area contributed by atoms with Crippen molar-refractivity contribution in [1.29, 1.82) is 0 Å². The fourth-order valence-corrected chi connectivity index (χ4v) is 2.57. The molecule has 1 fully saturated rings. The first-order chi connectivity index (χ1) is 8.43. The molecule has 0 spiro atoms. The van der Waals surface area contributed by atoms with Crippen LogP contribution in [0.2, 0.25) is 0 Å². The molecule has 3 nitrogen and oxygen atoms in total. The summed E-state index contributed by atoms with van der Waals surface area (Å²) in [6, 6.07) is 8.70. The van der Waals surface area contributed by atoms with Crippen LogP contribution in [0, 0.1) is 0 Å². The van der Waals surface area contributed by atoms with Gasteiger partial charge < -0.3 is 15.2 Å². The van der Waals surface area contributed by atoms with Crippen molar-refractivity contribution in [3.05, 3.63) is 36.0 Å². The number of nitrogens with one attached hydrogen (secondary N) is 2. The number of fused-ring (bicyclic) bond motifs is 1. The maximum absolute atomic E-state index is 3.39. The lowest BCUT2D eigenvalue weighted by Gasteiger charge is -2.27. The lowest BCUT2D eigenvalue weighted by atomic mass is 10.1. The number of hydrogen-bond acceptors (Lipinski definition) is 2. The van der Waals surface area contributed by atoms with Gasteiger partial charge in [0.2, 0.25) is 0 Å². The average molecular weight is 229 g/mol. The van der Waals surface area contributed by atoms with Crippen LogP contribution in [0.5, 0.6) is 0 Å². The minimum absolute atomic E-state index is 1.13. The van der Waals surface area contributed by atoms with E-state index in [0.29, 0.717) is 0 Å². The quantitative estimate of drug-likeness (QED) is 0.838. The van der Waals surface area contributed by atoms with Crippen molar-refractivity contribution in [3.8, 4) is 0 Å². The highest BCUT2D eigenvalue weighted by molar-refractivity contribution is 5.82. The highest BCUT2D eigenvalue weighted by atomic mass is 15.2. The van der Waals surface area contributed by atoms with E-state index < -0.39 is 0 Å². The van der Waals surface area contributed by atoms with Crippen LogP contribution in [0.15, 0.2) is 30.5 Å². The molecule has 2 aromatic rings. The van der Waals surface area contributed by atoms with E-state index in [1.165, 1.54) is 36.1 Å². The summed E-state index contributed by atoms with van der Waals surface area (Å²) in [5.41, 5.74) is 2.74. The predicted molar refractivity (Wildman–Crippen MR) is 71.3 cm³/mol. The van der Waals surface area contributed by atoms with Gasteiger partial charge in [-0.1, -0.05) is 18.2 Å². The zero-order chi connectivity index (χ0) is 11.5. The zero-order valence-corrected chi connectivity index (χ0v) is 10.1. The number of hydrogen-bond donors (Lipinski definition) is 2. The van der Waals surface area contributed by atoms with Crippen LogP contribution >= 0.6 is 0 Å². The van der Waals surface area contributed by atoms with Crippen LogP contribution < -0.4 is 5.32 Å². The summed E-state index contributed by atoms with van der Waals surface area (Å²) in [7, 11) is 0. The fraction of sp³-hybridized carbons (Fsp3) is 0.429. The standard InChI is InChI=1S/C14H19N3/c1-2-12-4-6-16-14(12)13(3-1)5-9-17-10-7-15-8-11-17/h1-4,6,15-16H,5,7-11H2. The summed E-state index contributed by atoms with van der Waals surface area (Å²) in [5.74, 6) is 0. The summed E-state index contributed by atoms with van der Waals surface area (Å²) in [6.45, 7) is 5.79. The molecule has 3 rings (SSSR count). The summed E-state index contributed by atoms with van der Waals surface area (Å²) in [4.78, 5) is 5.88. The van der Waals surface area contributed by atoms with Gasteiger partial charge in [-0.3, -0.25) is 0 Å². The molecule has 0 atom stereocenters. The second-order valence-electron chi connectivity index (χ2n) is 4.70. The van der Waals surface area contributed by atoms with Crippen molar-refractivity contribution in [2.24, 2.45) is 0 Å². The van der Waals surface area contributed by atoms with E-state index >= 15 is 0 Å². The van der Waals surface area contributed by atoms with E-state index in [2.05, 4.69) is 39.5 Å². The molecule has 0 bridgehead atoms. The molecule has 1 saturated heterocycles. The van der Waals surface area contributed by atoms with Crippen LogP contribution in [0.1, 0.15) is 5.56 Å². The summed E-state index contributed by atoms with van der Waals surface area (Å²) in [5, 5.41) is 4.71. The van der Waals surface area contributed by atoms with Gasteiger partial charge in [0.15, 0.2) is 0 Å². The van der Waals surface area contributed by atoms with Gasteiger partial charge in [0.1, 0.15) is 0 Å². The zero-order valence-electron chi connectivity index (χ0n) is 10.1. The molecule has 2 heterocycles. The lowest BCUT2D eigenvalue weighted by Crippen LogP contribution is -2.44. The number of benzene rings is 1. The van der Waals surface area contributed by atoms with Crippen LogP contribution in [-0.2, 0) is 6.42 Å². The molecule has 17 heavy (non-hydrogen) atoms. The van der Waals surface area contributed by atoms with Crippen molar-refractivity contribution >= 4 is 10.9 Å². The Morgan fingerprint density at radius 3 is 2.88 bits per heavy atom. The Morgan fingerprint density at radius 1 is 1.12 bits per heavy atom. The highest BCUT2D eigenvalue weighted by Gasteiger charge is 2.10. The number of rotatable bonds is 3. The Bertz CT molecular complexity index is 483. The van der Waals surface area contributed by atoms with Crippen molar-refractivity contribution in [2.75, 3.05) is 32.7 Å². The van der Waals surface area contributed by atoms with Gasteiger partial charge in [-0.05, 0) is 23.4 Å². The van der Waals surface area contributed by atoms with Crippen molar-refractivity contribution in [1.82, 2.24) is 15.2 Å². The molecule has 0 amide bonds. The Labute approximate surface area is 102 Å². The molecule has 90 valence electrons. The number of para-hydroxylation sites is 1. The fourth-order valence-electron chi connectivity index (χ4n) is 2.57. The van der Waals surface area contributed by atoms with Gasteiger partial charge in [-0.15, -0.1) is 0 Å². The second-order valence-corrected chi connectivity index (χ2v) is 4.70. The van der Waals surface area contributed by atoms with Crippen molar-refractivity contribution < 1.29 is 0 Å². The van der Waals surface area contributed by atoms with E-state index in [0.717, 1.165) is 19.5 Å². The van der Waals surface area contributed by atoms with E-state index in [1.807, 2.05) is 6.20 Å². The molecular weight excluding hydrogens is 210 g/mol. The Kier molecular flexibility index (Phi) is 3.12. The topological polar surface area (TPSA) is 31.1 Å². The first-order valence-corrected chi connectivity index (χ1v) is 6.41. The average Bonchev–Trinajstić information content (AvgIpc) is 2.86. The van der Waals surface area contributed by atoms with Gasteiger partial charge in [0.05, 0.1) is 0 Å². The summed E-state index contributed by atoms with van der Waals surface area (Å²) in [6.07, 6.45) is 3.16. The number of H-pyrrole nitrogens is 1. The summed E-state index contributed by atoms with van der Waals surface area (Å²) < 4.78 is 0. The van der Waals surface area contributed by atoms with Gasteiger partial charge in [0.25, 0.3) is 0 Å². The molecule has 0 aliphatic carbocycles. The minimum atomic E-state index is 1.13. The predicted octanol–water partition coefficient (Wildman–Crippen LogP) is 1.62. The summed E-state index contributed by atoms with van der Waals surface area (Å²) >= 11 is 0. The van der Waals surface area contributed by atoms with Crippen LogP contribution in [0.4, 0.5) is 0 Å². The number of piperazine rings is 1. The lowest BCUT2D eigenvalue weighted by molar-refractivity contribution is 0.244.